The zero-order valence-electron chi connectivity index (χ0n) is 6.90. The number of H-pyrrole nitrogens is 1. The number of primary sulfonamides is 1. The van der Waals surface area contributed by atoms with Crippen molar-refractivity contribution >= 4 is 10.0 Å². The molecule has 1 aliphatic carbocycles. The summed E-state index contributed by atoms with van der Waals surface area (Å²) in [7, 11) is -3.75. The summed E-state index contributed by atoms with van der Waals surface area (Å²) in [5, 5.41) is 10.6. The topological polar surface area (TPSA) is 102 Å². The molecule has 0 aromatic carbocycles. The molecule has 7 heteroatoms. The molecule has 1 saturated carbocycles. The molecule has 0 spiro atoms. The van der Waals surface area contributed by atoms with Gasteiger partial charge in [-0.3, -0.25) is 5.10 Å². The van der Waals surface area contributed by atoms with Gasteiger partial charge in [0, 0.05) is 6.42 Å². The van der Waals surface area contributed by atoms with Crippen LogP contribution in [0.15, 0.2) is 5.16 Å². The van der Waals surface area contributed by atoms with E-state index >= 15 is 0 Å². The van der Waals surface area contributed by atoms with Crippen molar-refractivity contribution in [3.63, 3.8) is 0 Å². The van der Waals surface area contributed by atoms with Crippen LogP contribution in [0.5, 0.6) is 0 Å². The summed E-state index contributed by atoms with van der Waals surface area (Å²) in [6.45, 7) is 0. The second kappa shape index (κ2) is 2.78. The van der Waals surface area contributed by atoms with Gasteiger partial charge < -0.3 is 0 Å². The normalized spacial score (nSPS) is 17.6. The summed E-state index contributed by atoms with van der Waals surface area (Å²) in [6, 6.07) is 0. The summed E-state index contributed by atoms with van der Waals surface area (Å²) >= 11 is 0. The van der Waals surface area contributed by atoms with Gasteiger partial charge in [-0.25, -0.2) is 18.5 Å². The zero-order chi connectivity index (χ0) is 9.47. The molecule has 1 aliphatic rings. The number of nitrogens with zero attached hydrogens (tertiary/aromatic N) is 2. The maximum absolute atomic E-state index is 10.8. The van der Waals surface area contributed by atoms with Crippen molar-refractivity contribution in [3.05, 3.63) is 5.82 Å². The highest BCUT2D eigenvalue weighted by Gasteiger charge is 2.24. The average Bonchev–Trinajstić information content (AvgIpc) is 2.63. The number of rotatable bonds is 3. The summed E-state index contributed by atoms with van der Waals surface area (Å²) in [5.74, 6) is 1.24. The summed E-state index contributed by atoms with van der Waals surface area (Å²) in [4.78, 5) is 3.78. The Balaban J connectivity index is 2.17. The van der Waals surface area contributed by atoms with Crippen LogP contribution in [0.2, 0.25) is 0 Å². The molecule has 1 fully saturated rings. The van der Waals surface area contributed by atoms with Gasteiger partial charge in [0.1, 0.15) is 5.82 Å². The number of sulfonamides is 1. The molecule has 0 saturated heterocycles. The van der Waals surface area contributed by atoms with Gasteiger partial charge >= 0.3 is 0 Å². The lowest BCUT2D eigenvalue weighted by atomic mass is 10.3. The Morgan fingerprint density at radius 2 is 2.23 bits per heavy atom. The summed E-state index contributed by atoms with van der Waals surface area (Å²) < 4.78 is 21.6. The van der Waals surface area contributed by atoms with Crippen LogP contribution in [0.3, 0.4) is 0 Å². The molecule has 0 atom stereocenters. The average molecular weight is 202 g/mol. The Hall–Kier alpha value is -0.950. The van der Waals surface area contributed by atoms with Crippen molar-refractivity contribution in [2.45, 2.75) is 24.4 Å². The van der Waals surface area contributed by atoms with Gasteiger partial charge in [-0.1, -0.05) is 0 Å². The van der Waals surface area contributed by atoms with E-state index in [9.17, 15) is 8.42 Å². The third-order valence-corrected chi connectivity index (χ3v) is 2.64. The Labute approximate surface area is 75.6 Å². The molecule has 1 heterocycles. The van der Waals surface area contributed by atoms with Gasteiger partial charge in [0.25, 0.3) is 15.2 Å². The number of nitrogens with one attached hydrogen (secondary N) is 1. The molecule has 0 radical (unpaired) electrons. The highest BCUT2D eigenvalue weighted by molar-refractivity contribution is 7.89. The Kier molecular flexibility index (Phi) is 1.85. The molecule has 72 valence electrons. The van der Waals surface area contributed by atoms with Crippen LogP contribution in [-0.4, -0.2) is 23.6 Å². The molecule has 0 amide bonds. The molecular weight excluding hydrogens is 192 g/mol. The maximum atomic E-state index is 10.8. The minimum absolute atomic E-state index is 0.317. The van der Waals surface area contributed by atoms with Gasteiger partial charge in [0.05, 0.1) is 0 Å². The van der Waals surface area contributed by atoms with E-state index in [0.717, 1.165) is 6.42 Å². The third-order valence-electron chi connectivity index (χ3n) is 1.94. The van der Waals surface area contributed by atoms with Crippen LogP contribution in [-0.2, 0) is 16.4 Å². The Morgan fingerprint density at radius 1 is 1.54 bits per heavy atom. The lowest BCUT2D eigenvalue weighted by Gasteiger charge is -1.88. The standard InChI is InChI=1S/C6H10N4O2S/c7-13(11,12)6-8-5(9-10-6)3-4-1-2-4/h4H,1-3H2,(H2,7,11,12)(H,8,9,10). The first-order valence-corrected chi connectivity index (χ1v) is 5.54. The van der Waals surface area contributed by atoms with E-state index in [1.807, 2.05) is 0 Å². The van der Waals surface area contributed by atoms with Gasteiger partial charge in [-0.2, -0.15) is 0 Å². The van der Waals surface area contributed by atoms with E-state index in [0.29, 0.717) is 11.7 Å². The van der Waals surface area contributed by atoms with Crippen LogP contribution in [0, 0.1) is 5.92 Å². The molecule has 13 heavy (non-hydrogen) atoms. The van der Waals surface area contributed by atoms with Gasteiger partial charge in [-0.15, -0.1) is 5.10 Å². The van der Waals surface area contributed by atoms with Crippen molar-refractivity contribution in [2.75, 3.05) is 0 Å². The summed E-state index contributed by atoms with van der Waals surface area (Å²) in [6.07, 6.45) is 3.14. The molecule has 6 nitrogen and oxygen atoms in total. The van der Waals surface area contributed by atoms with Gasteiger partial charge in [0.2, 0.25) is 0 Å². The lowest BCUT2D eigenvalue weighted by molar-refractivity contribution is 0.589. The third kappa shape index (κ3) is 2.04. The summed E-state index contributed by atoms with van der Waals surface area (Å²) in [5.41, 5.74) is 0. The van der Waals surface area contributed by atoms with Crippen LogP contribution < -0.4 is 5.14 Å². The van der Waals surface area contributed by atoms with E-state index in [2.05, 4.69) is 15.2 Å². The molecule has 1 aromatic heterocycles. The predicted octanol–water partition coefficient (Wildman–Crippen LogP) is -0.595. The fourth-order valence-electron chi connectivity index (χ4n) is 1.09. The SMILES string of the molecule is NS(=O)(=O)c1n[nH]c(CC2CC2)n1. The molecule has 0 bridgehead atoms. The molecule has 0 aliphatic heterocycles. The van der Waals surface area contributed by atoms with Crippen molar-refractivity contribution in [1.29, 1.82) is 0 Å². The Bertz CT molecular complexity index is 406. The van der Waals surface area contributed by atoms with Crippen LogP contribution >= 0.6 is 0 Å². The van der Waals surface area contributed by atoms with Crippen molar-refractivity contribution in [3.8, 4) is 0 Å². The van der Waals surface area contributed by atoms with Crippen molar-refractivity contribution in [1.82, 2.24) is 15.2 Å². The number of hydrogen-bond donors (Lipinski definition) is 2. The molecule has 2 rings (SSSR count). The van der Waals surface area contributed by atoms with Crippen LogP contribution in [0.25, 0.3) is 0 Å². The fourth-order valence-corrected chi connectivity index (χ4v) is 1.50. The van der Waals surface area contributed by atoms with E-state index in [1.54, 1.807) is 0 Å². The highest BCUT2D eigenvalue weighted by Crippen LogP contribution is 2.31. The first-order chi connectivity index (χ1) is 6.05. The smallest absolute Gasteiger partial charge is 0.262 e. The number of hydrogen-bond acceptors (Lipinski definition) is 4. The first kappa shape index (κ1) is 8.64. The number of nitrogens with two attached hydrogens (primary N) is 1. The molecule has 1 aromatic rings. The quantitative estimate of drug-likeness (QED) is 0.683. The van der Waals surface area contributed by atoms with E-state index < -0.39 is 10.0 Å². The van der Waals surface area contributed by atoms with E-state index in [-0.39, 0.29) is 5.16 Å². The molecular formula is C6H10N4O2S. The molecule has 3 N–H and O–H groups in total. The molecule has 0 unspecified atom stereocenters. The lowest BCUT2D eigenvalue weighted by Crippen LogP contribution is -2.14. The maximum Gasteiger partial charge on any atom is 0.282 e. The second-order valence-corrected chi connectivity index (χ2v) is 4.71. The van der Waals surface area contributed by atoms with Crippen LogP contribution in [0.1, 0.15) is 18.7 Å². The Morgan fingerprint density at radius 3 is 2.69 bits per heavy atom. The van der Waals surface area contributed by atoms with E-state index in [4.69, 9.17) is 5.14 Å². The minimum atomic E-state index is -3.75. The van der Waals surface area contributed by atoms with Gasteiger partial charge in [0.15, 0.2) is 0 Å². The van der Waals surface area contributed by atoms with E-state index in [1.165, 1.54) is 12.8 Å². The highest BCUT2D eigenvalue weighted by atomic mass is 32.2. The fraction of sp³-hybridized carbons (Fsp3) is 0.667. The minimum Gasteiger partial charge on any atom is -0.262 e. The predicted molar refractivity (Wildman–Crippen MR) is 44.2 cm³/mol. The first-order valence-electron chi connectivity index (χ1n) is 4.00. The monoisotopic (exact) mass is 202 g/mol. The van der Waals surface area contributed by atoms with Crippen LogP contribution in [0.4, 0.5) is 0 Å². The number of aromatic amines is 1. The zero-order valence-corrected chi connectivity index (χ0v) is 7.71. The van der Waals surface area contributed by atoms with Gasteiger partial charge in [-0.05, 0) is 18.8 Å². The van der Waals surface area contributed by atoms with Crippen molar-refractivity contribution in [2.24, 2.45) is 11.1 Å². The van der Waals surface area contributed by atoms with Crippen molar-refractivity contribution < 1.29 is 8.42 Å². The largest absolute Gasteiger partial charge is 0.282 e. The number of aromatic nitrogens is 3. The second-order valence-electron chi connectivity index (χ2n) is 3.26.